The largest absolute Gasteiger partial charge is 0.300 e. The number of rotatable bonds is 14. The van der Waals surface area contributed by atoms with E-state index in [9.17, 15) is 4.79 Å². The van der Waals surface area contributed by atoms with Crippen LogP contribution in [0.2, 0.25) is 0 Å². The minimum atomic E-state index is 0.549. The van der Waals surface area contributed by atoms with E-state index in [1.54, 1.807) is 0 Å². The number of hydrogen-bond acceptors (Lipinski definition) is 1. The van der Waals surface area contributed by atoms with E-state index in [0.717, 1.165) is 47.2 Å². The Morgan fingerprint density at radius 2 is 1.21 bits per heavy atom. The zero-order chi connectivity index (χ0) is 17.5. The van der Waals surface area contributed by atoms with Crippen LogP contribution in [0.15, 0.2) is 0 Å². The number of carbonyl (C=O) groups is 1. The second-order valence-corrected chi connectivity index (χ2v) is 11.7. The van der Waals surface area contributed by atoms with Crippen LogP contribution in [0, 0.1) is 23.7 Å². The maximum Gasteiger partial charge on any atom is 0.133 e. The molecular formula is C19H30Br4O. The van der Waals surface area contributed by atoms with Gasteiger partial charge in [0.1, 0.15) is 5.78 Å². The van der Waals surface area contributed by atoms with Crippen molar-refractivity contribution in [1.82, 2.24) is 0 Å². The Labute approximate surface area is 181 Å². The molecule has 2 aliphatic carbocycles. The molecule has 0 aromatic rings. The van der Waals surface area contributed by atoms with Gasteiger partial charge in [0.15, 0.2) is 0 Å². The van der Waals surface area contributed by atoms with Gasteiger partial charge < -0.3 is 0 Å². The number of Topliss-reactive ketones (excluding diaryl/α,β-unsaturated/α-hetero) is 1. The molecule has 0 heterocycles. The molecule has 2 saturated carbocycles. The molecule has 0 aromatic carbocycles. The van der Waals surface area contributed by atoms with Gasteiger partial charge in [-0.3, -0.25) is 4.79 Å². The lowest BCUT2D eigenvalue weighted by atomic mass is 10.0. The number of hydrogen-bond donors (Lipinski definition) is 0. The summed E-state index contributed by atoms with van der Waals surface area (Å²) in [6, 6.07) is 0. The van der Waals surface area contributed by atoms with E-state index in [-0.39, 0.29) is 0 Å². The number of alkyl halides is 4. The number of ketones is 1. The monoisotopic (exact) mass is 590 g/mol. The van der Waals surface area contributed by atoms with Crippen LogP contribution in [0.25, 0.3) is 0 Å². The molecule has 6 atom stereocenters. The van der Waals surface area contributed by atoms with Crippen LogP contribution < -0.4 is 0 Å². The zero-order valence-electron chi connectivity index (χ0n) is 14.4. The highest BCUT2D eigenvalue weighted by Crippen LogP contribution is 2.48. The average Bonchev–Trinajstić information content (AvgIpc) is 3.46. The third-order valence-corrected chi connectivity index (χ3v) is 10.5. The normalized spacial score (nSPS) is 30.8. The average molecular weight is 594 g/mol. The maximum atomic E-state index is 12.3. The molecule has 140 valence electrons. The van der Waals surface area contributed by atoms with Gasteiger partial charge in [-0.2, -0.15) is 0 Å². The van der Waals surface area contributed by atoms with Gasteiger partial charge in [-0.15, -0.1) is 0 Å². The van der Waals surface area contributed by atoms with Crippen LogP contribution in [0.1, 0.15) is 64.2 Å². The highest BCUT2D eigenvalue weighted by molar-refractivity contribution is 9.12. The fourth-order valence-corrected chi connectivity index (χ4v) is 5.15. The molecule has 2 rings (SSSR count). The summed E-state index contributed by atoms with van der Waals surface area (Å²) in [5, 5.41) is 2.07. The smallest absolute Gasteiger partial charge is 0.133 e. The van der Waals surface area contributed by atoms with Crippen molar-refractivity contribution < 1.29 is 4.79 Å². The molecule has 2 aliphatic rings. The van der Waals surface area contributed by atoms with Crippen molar-refractivity contribution in [1.29, 1.82) is 0 Å². The molecule has 0 aliphatic heterocycles. The van der Waals surface area contributed by atoms with E-state index >= 15 is 0 Å². The first kappa shape index (κ1) is 21.9. The molecule has 0 aromatic heterocycles. The molecule has 0 spiro atoms. The Morgan fingerprint density at radius 3 is 1.58 bits per heavy atom. The fourth-order valence-electron chi connectivity index (χ4n) is 3.85. The van der Waals surface area contributed by atoms with Crippen LogP contribution >= 0.6 is 63.7 Å². The van der Waals surface area contributed by atoms with Gasteiger partial charge in [-0.1, -0.05) is 89.4 Å². The summed E-state index contributed by atoms with van der Waals surface area (Å²) >= 11 is 14.3. The fraction of sp³-hybridized carbons (Fsp3) is 0.947. The molecule has 2 unspecified atom stereocenters. The predicted molar refractivity (Wildman–Crippen MR) is 118 cm³/mol. The zero-order valence-corrected chi connectivity index (χ0v) is 20.7. The van der Waals surface area contributed by atoms with Gasteiger partial charge in [-0.25, -0.2) is 0 Å². The van der Waals surface area contributed by atoms with Crippen molar-refractivity contribution in [2.45, 2.75) is 73.9 Å². The predicted octanol–water partition coefficient (Wildman–Crippen LogP) is 7.27. The number of halogens is 4. The Morgan fingerprint density at radius 1 is 0.792 bits per heavy atom. The Hall–Kier alpha value is 1.59. The second kappa shape index (κ2) is 11.4. The Balaban J connectivity index is 1.47. The van der Waals surface area contributed by atoms with Gasteiger partial charge in [-0.05, 0) is 49.4 Å². The molecule has 0 saturated heterocycles. The molecular weight excluding hydrogens is 564 g/mol. The molecule has 0 bridgehead atoms. The summed E-state index contributed by atoms with van der Waals surface area (Å²) in [5.41, 5.74) is 0. The van der Waals surface area contributed by atoms with E-state index in [4.69, 9.17) is 0 Å². The van der Waals surface area contributed by atoms with Crippen LogP contribution in [0.3, 0.4) is 0 Å². The lowest BCUT2D eigenvalue weighted by Gasteiger charge is -2.06. The minimum Gasteiger partial charge on any atom is -0.300 e. The molecule has 24 heavy (non-hydrogen) atoms. The second-order valence-electron chi connectivity index (χ2n) is 7.82. The Kier molecular flexibility index (Phi) is 10.4. The van der Waals surface area contributed by atoms with Crippen molar-refractivity contribution in [3.05, 3.63) is 0 Å². The highest BCUT2D eigenvalue weighted by atomic mass is 79.9. The molecule has 0 amide bonds. The quantitative estimate of drug-likeness (QED) is 0.194. The summed E-state index contributed by atoms with van der Waals surface area (Å²) in [4.78, 5) is 13.5. The first-order chi connectivity index (χ1) is 11.5. The standard InChI is InChI=1S/C19H30Br4O/c20-11-17(22)5-1-3-13-7-15(13)9-19(24)10-16-8-14(16)4-2-6-18(23)12-21/h13-18H,1-12H2/t13-,14-,15-,16-,17?,18?/m1/s1. The van der Waals surface area contributed by atoms with Gasteiger partial charge in [0, 0.05) is 33.2 Å². The Bertz CT molecular complexity index is 356. The molecule has 1 nitrogen and oxygen atoms in total. The van der Waals surface area contributed by atoms with E-state index in [0.29, 0.717) is 15.4 Å². The highest BCUT2D eigenvalue weighted by Gasteiger charge is 2.41. The summed E-state index contributed by atoms with van der Waals surface area (Å²) in [6.45, 7) is 0. The van der Waals surface area contributed by atoms with Gasteiger partial charge in [0.25, 0.3) is 0 Å². The summed E-state index contributed by atoms with van der Waals surface area (Å²) in [6.07, 6.45) is 12.1. The lowest BCUT2D eigenvalue weighted by molar-refractivity contribution is -0.119. The van der Waals surface area contributed by atoms with Crippen molar-refractivity contribution in [2.24, 2.45) is 23.7 Å². The third-order valence-electron chi connectivity index (χ3n) is 5.64. The lowest BCUT2D eigenvalue weighted by Crippen LogP contribution is -2.03. The minimum absolute atomic E-state index is 0.549. The van der Waals surface area contributed by atoms with Crippen LogP contribution in [-0.2, 0) is 4.79 Å². The van der Waals surface area contributed by atoms with Crippen molar-refractivity contribution in [3.8, 4) is 0 Å². The van der Waals surface area contributed by atoms with Crippen molar-refractivity contribution in [2.75, 3.05) is 10.7 Å². The van der Waals surface area contributed by atoms with E-state index in [2.05, 4.69) is 63.7 Å². The summed E-state index contributed by atoms with van der Waals surface area (Å²) in [5.74, 6) is 3.69. The van der Waals surface area contributed by atoms with E-state index in [1.165, 1.54) is 51.4 Å². The van der Waals surface area contributed by atoms with Crippen LogP contribution in [-0.4, -0.2) is 26.1 Å². The molecule has 2 fully saturated rings. The molecule has 0 N–H and O–H groups in total. The van der Waals surface area contributed by atoms with Gasteiger partial charge in [0.2, 0.25) is 0 Å². The number of carbonyl (C=O) groups excluding carboxylic acids is 1. The van der Waals surface area contributed by atoms with Crippen LogP contribution in [0.4, 0.5) is 0 Å². The van der Waals surface area contributed by atoms with E-state index in [1.807, 2.05) is 0 Å². The molecule has 0 radical (unpaired) electrons. The third kappa shape index (κ3) is 8.52. The summed E-state index contributed by atoms with van der Waals surface area (Å²) in [7, 11) is 0. The van der Waals surface area contributed by atoms with Crippen LogP contribution in [0.5, 0.6) is 0 Å². The summed E-state index contributed by atoms with van der Waals surface area (Å²) < 4.78 is 0. The van der Waals surface area contributed by atoms with Gasteiger partial charge in [0.05, 0.1) is 0 Å². The molecule has 5 heteroatoms. The first-order valence-corrected chi connectivity index (χ1v) is 13.5. The van der Waals surface area contributed by atoms with Crippen molar-refractivity contribution in [3.63, 3.8) is 0 Å². The SMILES string of the molecule is O=C(C[C@H]1C[C@H]1CCCC(Br)CBr)C[C@H]1C[C@H]1CCCC(Br)CBr. The maximum absolute atomic E-state index is 12.3. The van der Waals surface area contributed by atoms with E-state index < -0.39 is 0 Å². The van der Waals surface area contributed by atoms with Crippen molar-refractivity contribution >= 4 is 69.5 Å². The first-order valence-electron chi connectivity index (χ1n) is 9.45. The topological polar surface area (TPSA) is 17.1 Å². The van der Waals surface area contributed by atoms with Gasteiger partial charge >= 0.3 is 0 Å².